The molecule has 2 heterocycles. The molecule has 0 amide bonds. The minimum Gasteiger partial charge on any atom is -0.339 e. The summed E-state index contributed by atoms with van der Waals surface area (Å²) in [6, 6.07) is 9.87. The van der Waals surface area contributed by atoms with Crippen molar-refractivity contribution in [2.75, 3.05) is 0 Å². The van der Waals surface area contributed by atoms with Crippen LogP contribution in [0.4, 0.5) is 5.69 Å². The molecule has 0 radical (unpaired) electrons. The highest BCUT2D eigenvalue weighted by atomic mass is 14.9. The monoisotopic (exact) mass is 193 g/mol. The average Bonchev–Trinajstić information content (AvgIpc) is 2.66. The molecule has 3 aromatic rings. The number of benzene rings is 1. The Kier molecular flexibility index (Phi) is 1.51. The van der Waals surface area contributed by atoms with E-state index in [2.05, 4.69) is 14.8 Å². The van der Waals surface area contributed by atoms with Crippen molar-refractivity contribution in [1.82, 2.24) is 9.97 Å². The molecule has 3 nitrogen and oxygen atoms in total. The molecule has 15 heavy (non-hydrogen) atoms. The number of rotatable bonds is 0. The summed E-state index contributed by atoms with van der Waals surface area (Å²) >= 11 is 0. The smallest absolute Gasteiger partial charge is 0.205 e. The Morgan fingerprint density at radius 2 is 2.07 bits per heavy atom. The van der Waals surface area contributed by atoms with Crippen molar-refractivity contribution in [3.05, 3.63) is 47.9 Å². The first-order valence-electron chi connectivity index (χ1n) is 4.62. The van der Waals surface area contributed by atoms with Gasteiger partial charge in [-0.1, -0.05) is 18.2 Å². The van der Waals surface area contributed by atoms with Gasteiger partial charge in [-0.3, -0.25) is 4.98 Å². The molecule has 0 aliphatic carbocycles. The van der Waals surface area contributed by atoms with Gasteiger partial charge in [-0.05, 0) is 12.1 Å². The molecule has 0 fully saturated rings. The molecule has 0 aliphatic rings. The molecule has 0 saturated carbocycles. The fourth-order valence-electron chi connectivity index (χ4n) is 1.77. The van der Waals surface area contributed by atoms with Crippen LogP contribution in [0.1, 0.15) is 0 Å². The molecule has 0 bridgehead atoms. The molecule has 70 valence electrons. The molecule has 3 heteroatoms. The second kappa shape index (κ2) is 2.82. The SMILES string of the molecule is [C-]#[N+]c1cnc2[nH]c3ccccc3c2c1. The molecule has 0 aliphatic heterocycles. The summed E-state index contributed by atoms with van der Waals surface area (Å²) in [6.07, 6.45) is 1.59. The van der Waals surface area contributed by atoms with Crippen LogP contribution in [0.2, 0.25) is 0 Å². The van der Waals surface area contributed by atoms with Gasteiger partial charge in [-0.2, -0.15) is 0 Å². The highest BCUT2D eigenvalue weighted by Gasteiger charge is 2.04. The molecule has 0 atom stereocenters. The predicted molar refractivity (Wildman–Crippen MR) is 59.9 cm³/mol. The van der Waals surface area contributed by atoms with Crippen LogP contribution in [0, 0.1) is 6.57 Å². The van der Waals surface area contributed by atoms with Crippen molar-refractivity contribution < 1.29 is 0 Å². The number of para-hydroxylation sites is 1. The van der Waals surface area contributed by atoms with E-state index in [1.165, 1.54) is 0 Å². The van der Waals surface area contributed by atoms with Crippen LogP contribution < -0.4 is 0 Å². The molecule has 0 spiro atoms. The topological polar surface area (TPSA) is 33.0 Å². The van der Waals surface area contributed by atoms with Crippen LogP contribution in [-0.4, -0.2) is 9.97 Å². The normalized spacial score (nSPS) is 10.6. The first-order valence-corrected chi connectivity index (χ1v) is 4.62. The highest BCUT2D eigenvalue weighted by molar-refractivity contribution is 6.06. The zero-order valence-electron chi connectivity index (χ0n) is 7.86. The fourth-order valence-corrected chi connectivity index (χ4v) is 1.77. The van der Waals surface area contributed by atoms with Crippen molar-refractivity contribution in [2.45, 2.75) is 0 Å². The van der Waals surface area contributed by atoms with Crippen molar-refractivity contribution in [1.29, 1.82) is 0 Å². The summed E-state index contributed by atoms with van der Waals surface area (Å²) in [5, 5.41) is 2.13. The Balaban J connectivity index is 2.53. The van der Waals surface area contributed by atoms with Crippen LogP contribution >= 0.6 is 0 Å². The van der Waals surface area contributed by atoms with Crippen molar-refractivity contribution in [3.63, 3.8) is 0 Å². The third-order valence-electron chi connectivity index (χ3n) is 2.47. The number of aromatic nitrogens is 2. The number of hydrogen-bond donors (Lipinski definition) is 1. The second-order valence-electron chi connectivity index (χ2n) is 3.37. The summed E-state index contributed by atoms with van der Waals surface area (Å²) < 4.78 is 0. The molecule has 3 rings (SSSR count). The molecule has 2 aromatic heterocycles. The molecular formula is C12H7N3. The zero-order chi connectivity index (χ0) is 10.3. The van der Waals surface area contributed by atoms with Gasteiger partial charge in [0.2, 0.25) is 5.69 Å². The minimum absolute atomic E-state index is 0.576. The molecule has 1 N–H and O–H groups in total. The van der Waals surface area contributed by atoms with Crippen LogP contribution in [0.3, 0.4) is 0 Å². The van der Waals surface area contributed by atoms with E-state index in [1.54, 1.807) is 6.20 Å². The fraction of sp³-hybridized carbons (Fsp3) is 0. The van der Waals surface area contributed by atoms with Gasteiger partial charge in [0.25, 0.3) is 0 Å². The van der Waals surface area contributed by atoms with Gasteiger partial charge >= 0.3 is 0 Å². The van der Waals surface area contributed by atoms with E-state index in [0.29, 0.717) is 5.69 Å². The lowest BCUT2D eigenvalue weighted by Gasteiger charge is -1.90. The Labute approximate surface area is 86.2 Å². The maximum absolute atomic E-state index is 6.95. The quantitative estimate of drug-likeness (QED) is 0.546. The lowest BCUT2D eigenvalue weighted by molar-refractivity contribution is 1.35. The summed E-state index contributed by atoms with van der Waals surface area (Å²) in [5.41, 5.74) is 2.47. The number of pyridine rings is 1. The summed E-state index contributed by atoms with van der Waals surface area (Å²) in [6.45, 7) is 6.95. The van der Waals surface area contributed by atoms with E-state index >= 15 is 0 Å². The van der Waals surface area contributed by atoms with Crippen LogP contribution in [0.5, 0.6) is 0 Å². The third-order valence-corrected chi connectivity index (χ3v) is 2.47. The van der Waals surface area contributed by atoms with Gasteiger partial charge in [0.15, 0.2) is 0 Å². The van der Waals surface area contributed by atoms with Crippen LogP contribution in [-0.2, 0) is 0 Å². The molecule has 0 unspecified atom stereocenters. The van der Waals surface area contributed by atoms with Gasteiger partial charge in [-0.25, -0.2) is 4.85 Å². The van der Waals surface area contributed by atoms with Crippen LogP contribution in [0.25, 0.3) is 26.8 Å². The Bertz CT molecular complexity index is 689. The second-order valence-corrected chi connectivity index (χ2v) is 3.37. The van der Waals surface area contributed by atoms with E-state index in [0.717, 1.165) is 21.9 Å². The van der Waals surface area contributed by atoms with E-state index in [1.807, 2.05) is 30.3 Å². The number of H-pyrrole nitrogens is 1. The number of nitrogens with zero attached hydrogens (tertiary/aromatic N) is 2. The Morgan fingerprint density at radius 3 is 2.93 bits per heavy atom. The number of aromatic amines is 1. The lowest BCUT2D eigenvalue weighted by Crippen LogP contribution is -1.73. The third kappa shape index (κ3) is 1.09. The maximum Gasteiger partial charge on any atom is 0.205 e. The number of fused-ring (bicyclic) bond motifs is 3. The lowest BCUT2D eigenvalue weighted by atomic mass is 10.2. The van der Waals surface area contributed by atoms with E-state index in [-0.39, 0.29) is 0 Å². The number of nitrogens with one attached hydrogen (secondary N) is 1. The summed E-state index contributed by atoms with van der Waals surface area (Å²) in [7, 11) is 0. The highest BCUT2D eigenvalue weighted by Crippen LogP contribution is 2.26. The van der Waals surface area contributed by atoms with Crippen molar-refractivity contribution in [3.8, 4) is 0 Å². The van der Waals surface area contributed by atoms with Gasteiger partial charge in [0, 0.05) is 22.5 Å². The molecule has 0 saturated heterocycles. The minimum atomic E-state index is 0.576. The standard InChI is InChI=1S/C12H7N3/c1-13-8-6-10-9-4-2-3-5-11(9)15-12(10)14-7-8/h2-7H,(H,14,15). The molecular weight excluding hydrogens is 186 g/mol. The Hall–Kier alpha value is -2.34. The van der Waals surface area contributed by atoms with Gasteiger partial charge in [0.05, 0.1) is 6.57 Å². The van der Waals surface area contributed by atoms with E-state index in [4.69, 9.17) is 6.57 Å². The van der Waals surface area contributed by atoms with E-state index in [9.17, 15) is 0 Å². The largest absolute Gasteiger partial charge is 0.339 e. The van der Waals surface area contributed by atoms with Gasteiger partial charge in [-0.15, -0.1) is 0 Å². The van der Waals surface area contributed by atoms with Crippen molar-refractivity contribution >= 4 is 27.6 Å². The summed E-state index contributed by atoms with van der Waals surface area (Å²) in [4.78, 5) is 10.8. The van der Waals surface area contributed by atoms with Crippen LogP contribution in [0.15, 0.2) is 36.5 Å². The predicted octanol–water partition coefficient (Wildman–Crippen LogP) is 3.27. The summed E-state index contributed by atoms with van der Waals surface area (Å²) in [5.74, 6) is 0. The Morgan fingerprint density at radius 1 is 1.20 bits per heavy atom. The van der Waals surface area contributed by atoms with Gasteiger partial charge in [0.1, 0.15) is 5.65 Å². The zero-order valence-corrected chi connectivity index (χ0v) is 7.86. The first kappa shape index (κ1) is 8.01. The molecule has 1 aromatic carbocycles. The first-order chi connectivity index (χ1) is 7.38. The van der Waals surface area contributed by atoms with Gasteiger partial charge < -0.3 is 4.98 Å². The number of hydrogen-bond acceptors (Lipinski definition) is 1. The maximum atomic E-state index is 6.95. The van der Waals surface area contributed by atoms with Crippen molar-refractivity contribution in [2.24, 2.45) is 0 Å². The average molecular weight is 193 g/mol. The van der Waals surface area contributed by atoms with E-state index < -0.39 is 0 Å².